The topological polar surface area (TPSA) is 28.2 Å². The summed E-state index contributed by atoms with van der Waals surface area (Å²) in [5, 5.41) is 3.46. The van der Waals surface area contributed by atoms with Gasteiger partial charge in [-0.2, -0.15) is 0 Å². The number of rotatable bonds is 7. The number of pyridine rings is 1. The molecule has 0 aliphatic heterocycles. The van der Waals surface area contributed by atoms with Crippen molar-refractivity contribution >= 4 is 5.82 Å². The Labute approximate surface area is 117 Å². The number of terminal acetylenes is 1. The van der Waals surface area contributed by atoms with E-state index in [1.165, 1.54) is 5.56 Å². The smallest absolute Gasteiger partial charge is 0.129 e. The van der Waals surface area contributed by atoms with E-state index in [1.54, 1.807) is 0 Å². The van der Waals surface area contributed by atoms with Crippen molar-refractivity contribution in [3.63, 3.8) is 0 Å². The Morgan fingerprint density at radius 3 is 2.74 bits per heavy atom. The highest BCUT2D eigenvalue weighted by atomic mass is 15.2. The fourth-order valence-electron chi connectivity index (χ4n) is 1.84. The lowest BCUT2D eigenvalue weighted by Gasteiger charge is -2.17. The van der Waals surface area contributed by atoms with E-state index in [4.69, 9.17) is 6.42 Å². The van der Waals surface area contributed by atoms with Gasteiger partial charge in [0.15, 0.2) is 0 Å². The lowest BCUT2D eigenvalue weighted by molar-refractivity contribution is 0.552. The van der Waals surface area contributed by atoms with Gasteiger partial charge in [-0.05, 0) is 36.6 Å². The number of anilines is 1. The number of aromatic nitrogens is 1. The van der Waals surface area contributed by atoms with Crippen LogP contribution in [0.2, 0.25) is 0 Å². The lowest BCUT2D eigenvalue weighted by Crippen LogP contribution is -2.21. The maximum absolute atomic E-state index is 5.36. The molecular weight excluding hydrogens is 234 g/mol. The number of nitrogens with zero attached hydrogens (tertiary/aromatic N) is 2. The zero-order chi connectivity index (χ0) is 14.3. The van der Waals surface area contributed by atoms with E-state index >= 15 is 0 Å². The van der Waals surface area contributed by atoms with Crippen LogP contribution < -0.4 is 10.2 Å². The van der Waals surface area contributed by atoms with Crippen LogP contribution in [0.4, 0.5) is 5.82 Å². The van der Waals surface area contributed by atoms with E-state index in [0.29, 0.717) is 12.5 Å². The molecule has 0 spiro atoms. The minimum Gasteiger partial charge on any atom is -0.349 e. The van der Waals surface area contributed by atoms with Crippen LogP contribution in [0.1, 0.15) is 32.0 Å². The van der Waals surface area contributed by atoms with Crippen molar-refractivity contribution in [3.05, 3.63) is 23.4 Å². The van der Waals surface area contributed by atoms with Crippen molar-refractivity contribution in [1.29, 1.82) is 0 Å². The molecule has 0 fully saturated rings. The van der Waals surface area contributed by atoms with Gasteiger partial charge in [0.25, 0.3) is 0 Å². The highest BCUT2D eigenvalue weighted by Crippen LogP contribution is 2.14. The Morgan fingerprint density at radius 2 is 2.16 bits per heavy atom. The first kappa shape index (κ1) is 15.5. The first-order valence-electron chi connectivity index (χ1n) is 6.92. The van der Waals surface area contributed by atoms with Crippen LogP contribution in [0.5, 0.6) is 0 Å². The maximum Gasteiger partial charge on any atom is 0.129 e. The minimum absolute atomic E-state index is 0.582. The van der Waals surface area contributed by atoms with Crippen molar-refractivity contribution in [3.8, 4) is 12.3 Å². The number of hydrogen-bond acceptors (Lipinski definition) is 3. The molecule has 0 unspecified atom stereocenters. The predicted octanol–water partition coefficient (Wildman–Crippen LogP) is 2.46. The summed E-state index contributed by atoms with van der Waals surface area (Å²) >= 11 is 0. The van der Waals surface area contributed by atoms with E-state index < -0.39 is 0 Å². The largest absolute Gasteiger partial charge is 0.349 e. The standard InChI is InChI=1S/C16H25N3/c1-6-8-19(5)16-10-14(9-15(7-2)18-16)12-17-11-13(3)4/h1,9-10,13,17H,7-8,11-12H2,2-5H3. The van der Waals surface area contributed by atoms with Crippen LogP contribution in [-0.2, 0) is 13.0 Å². The Balaban J connectivity index is 2.80. The van der Waals surface area contributed by atoms with E-state index in [2.05, 4.69) is 49.1 Å². The van der Waals surface area contributed by atoms with Gasteiger partial charge in [-0.1, -0.05) is 26.7 Å². The molecule has 1 aromatic heterocycles. The van der Waals surface area contributed by atoms with E-state index in [1.807, 2.05) is 11.9 Å². The predicted molar refractivity (Wildman–Crippen MR) is 82.3 cm³/mol. The van der Waals surface area contributed by atoms with Crippen LogP contribution in [0.25, 0.3) is 0 Å². The molecule has 19 heavy (non-hydrogen) atoms. The van der Waals surface area contributed by atoms with E-state index in [9.17, 15) is 0 Å². The van der Waals surface area contributed by atoms with Crippen molar-refractivity contribution in [2.75, 3.05) is 25.0 Å². The van der Waals surface area contributed by atoms with Crippen molar-refractivity contribution < 1.29 is 0 Å². The molecule has 0 aliphatic carbocycles. The van der Waals surface area contributed by atoms with Crippen LogP contribution >= 0.6 is 0 Å². The molecule has 0 atom stereocenters. The van der Waals surface area contributed by atoms with Gasteiger partial charge in [-0.15, -0.1) is 6.42 Å². The SMILES string of the molecule is C#CCN(C)c1cc(CNCC(C)C)cc(CC)n1. The lowest BCUT2D eigenvalue weighted by atomic mass is 10.1. The van der Waals surface area contributed by atoms with Crippen LogP contribution in [-0.4, -0.2) is 25.1 Å². The summed E-state index contributed by atoms with van der Waals surface area (Å²) in [4.78, 5) is 6.62. The van der Waals surface area contributed by atoms with Crippen LogP contribution in [0.15, 0.2) is 12.1 Å². The Morgan fingerprint density at radius 1 is 1.42 bits per heavy atom. The first-order chi connectivity index (χ1) is 9.06. The molecule has 0 bridgehead atoms. The highest BCUT2D eigenvalue weighted by molar-refractivity contribution is 5.43. The Hall–Kier alpha value is -1.53. The molecule has 0 saturated heterocycles. The Kier molecular flexibility index (Phi) is 6.38. The highest BCUT2D eigenvalue weighted by Gasteiger charge is 2.06. The van der Waals surface area contributed by atoms with Gasteiger partial charge >= 0.3 is 0 Å². The van der Waals surface area contributed by atoms with Gasteiger partial charge in [0, 0.05) is 19.3 Å². The average molecular weight is 259 g/mol. The van der Waals surface area contributed by atoms with Gasteiger partial charge in [-0.25, -0.2) is 4.98 Å². The molecule has 1 N–H and O–H groups in total. The molecule has 0 aliphatic rings. The minimum atomic E-state index is 0.582. The fraction of sp³-hybridized carbons (Fsp3) is 0.562. The normalized spacial score (nSPS) is 10.5. The molecule has 3 nitrogen and oxygen atoms in total. The second-order valence-corrected chi connectivity index (χ2v) is 5.26. The zero-order valence-corrected chi connectivity index (χ0v) is 12.5. The summed E-state index contributed by atoms with van der Waals surface area (Å²) < 4.78 is 0. The molecule has 0 aromatic carbocycles. The van der Waals surface area contributed by atoms with E-state index in [-0.39, 0.29) is 0 Å². The van der Waals surface area contributed by atoms with Gasteiger partial charge in [0.2, 0.25) is 0 Å². The van der Waals surface area contributed by atoms with Gasteiger partial charge in [0.1, 0.15) is 5.82 Å². The van der Waals surface area contributed by atoms with Crippen LogP contribution in [0.3, 0.4) is 0 Å². The molecule has 0 saturated carbocycles. The van der Waals surface area contributed by atoms with Crippen LogP contribution in [0, 0.1) is 18.3 Å². The molecular formula is C16H25N3. The maximum atomic E-state index is 5.36. The van der Waals surface area contributed by atoms with Gasteiger partial charge in [0.05, 0.1) is 6.54 Å². The number of aryl methyl sites for hydroxylation is 1. The Bertz CT molecular complexity index is 432. The molecule has 1 heterocycles. The summed E-state index contributed by atoms with van der Waals surface area (Å²) in [6.07, 6.45) is 6.30. The molecule has 1 aromatic rings. The second-order valence-electron chi connectivity index (χ2n) is 5.26. The first-order valence-corrected chi connectivity index (χ1v) is 6.92. The molecule has 104 valence electrons. The third kappa shape index (κ3) is 5.32. The third-order valence-corrected chi connectivity index (χ3v) is 2.89. The van der Waals surface area contributed by atoms with Gasteiger partial charge in [-0.3, -0.25) is 0 Å². The molecule has 1 rings (SSSR count). The number of nitrogens with one attached hydrogen (secondary N) is 1. The van der Waals surface area contributed by atoms with Crippen molar-refractivity contribution in [1.82, 2.24) is 10.3 Å². The molecule has 0 amide bonds. The zero-order valence-electron chi connectivity index (χ0n) is 12.5. The number of hydrogen-bond donors (Lipinski definition) is 1. The van der Waals surface area contributed by atoms with Crippen molar-refractivity contribution in [2.45, 2.75) is 33.7 Å². The van der Waals surface area contributed by atoms with E-state index in [0.717, 1.165) is 31.0 Å². The molecule has 3 heteroatoms. The quantitative estimate of drug-likeness (QED) is 0.762. The average Bonchev–Trinajstić information content (AvgIpc) is 2.38. The summed E-state index contributed by atoms with van der Waals surface area (Å²) in [6.45, 7) is 9.04. The summed E-state index contributed by atoms with van der Waals surface area (Å²) in [6, 6.07) is 4.28. The summed E-state index contributed by atoms with van der Waals surface area (Å²) in [5.41, 5.74) is 2.38. The summed E-state index contributed by atoms with van der Waals surface area (Å²) in [5.74, 6) is 4.27. The van der Waals surface area contributed by atoms with Gasteiger partial charge < -0.3 is 10.2 Å². The van der Waals surface area contributed by atoms with Crippen molar-refractivity contribution in [2.24, 2.45) is 5.92 Å². The fourth-order valence-corrected chi connectivity index (χ4v) is 1.84. The third-order valence-electron chi connectivity index (χ3n) is 2.89. The second kappa shape index (κ2) is 7.81. The molecule has 0 radical (unpaired) electrons. The monoisotopic (exact) mass is 259 g/mol. The summed E-state index contributed by atoms with van der Waals surface area (Å²) in [7, 11) is 1.98.